The van der Waals surface area contributed by atoms with E-state index in [9.17, 15) is 13.6 Å². The first-order valence-electron chi connectivity index (χ1n) is 6.81. The number of benzene rings is 1. The van der Waals surface area contributed by atoms with Crippen molar-refractivity contribution in [3.8, 4) is 0 Å². The lowest BCUT2D eigenvalue weighted by Crippen LogP contribution is -2.36. The van der Waals surface area contributed by atoms with Crippen LogP contribution in [0.2, 0.25) is 0 Å². The van der Waals surface area contributed by atoms with Gasteiger partial charge in [0.2, 0.25) is 5.91 Å². The van der Waals surface area contributed by atoms with Crippen LogP contribution in [0.4, 0.5) is 8.78 Å². The molecule has 1 amide bonds. The summed E-state index contributed by atoms with van der Waals surface area (Å²) in [5, 5.41) is 0. The summed E-state index contributed by atoms with van der Waals surface area (Å²) in [4.78, 5) is 14.0. The third-order valence-electron chi connectivity index (χ3n) is 4.59. The Morgan fingerprint density at radius 3 is 2.35 bits per heavy atom. The fourth-order valence-electron chi connectivity index (χ4n) is 3.24. The number of likely N-dealkylation sites (tertiary alicyclic amines) is 1. The molecule has 20 heavy (non-hydrogen) atoms. The van der Waals surface area contributed by atoms with Crippen molar-refractivity contribution in [3.05, 3.63) is 34.3 Å². The average molecular weight is 344 g/mol. The molecule has 0 bridgehead atoms. The molecule has 1 aliphatic heterocycles. The van der Waals surface area contributed by atoms with Gasteiger partial charge in [-0.3, -0.25) is 4.79 Å². The molecule has 2 fully saturated rings. The molecule has 2 atom stereocenters. The van der Waals surface area contributed by atoms with Gasteiger partial charge in [0.1, 0.15) is 5.41 Å². The Bertz CT molecular complexity index is 539. The van der Waals surface area contributed by atoms with Crippen LogP contribution in [0.5, 0.6) is 0 Å². The summed E-state index contributed by atoms with van der Waals surface area (Å²) in [6.45, 7) is 2.62. The highest BCUT2D eigenvalue weighted by Gasteiger charge is 2.82. The van der Waals surface area contributed by atoms with Gasteiger partial charge < -0.3 is 4.90 Å². The van der Waals surface area contributed by atoms with Crippen LogP contribution in [-0.2, 0) is 4.79 Å². The van der Waals surface area contributed by atoms with Crippen LogP contribution >= 0.6 is 15.9 Å². The van der Waals surface area contributed by atoms with E-state index < -0.39 is 23.2 Å². The number of halogens is 3. The monoisotopic (exact) mass is 343 g/mol. The van der Waals surface area contributed by atoms with Gasteiger partial charge in [0.25, 0.3) is 5.92 Å². The van der Waals surface area contributed by atoms with E-state index >= 15 is 0 Å². The molecule has 1 aromatic carbocycles. The second-order valence-electron chi connectivity index (χ2n) is 5.81. The Balaban J connectivity index is 1.89. The first-order chi connectivity index (χ1) is 9.39. The van der Waals surface area contributed by atoms with E-state index in [-0.39, 0.29) is 0 Å². The zero-order chi connectivity index (χ0) is 14.5. The molecule has 3 rings (SSSR count). The SMILES string of the molecule is CC1(C(=O)N2CCCC2)C(c2ccc(Br)cc2)C1(F)F. The molecule has 1 saturated carbocycles. The molecular formula is C15H16BrF2NO. The fraction of sp³-hybridized carbons (Fsp3) is 0.533. The van der Waals surface area contributed by atoms with E-state index in [2.05, 4.69) is 15.9 Å². The van der Waals surface area contributed by atoms with Crippen LogP contribution in [-0.4, -0.2) is 29.8 Å². The number of rotatable bonds is 2. The van der Waals surface area contributed by atoms with Crippen molar-refractivity contribution in [2.75, 3.05) is 13.1 Å². The molecule has 5 heteroatoms. The van der Waals surface area contributed by atoms with E-state index in [4.69, 9.17) is 0 Å². The van der Waals surface area contributed by atoms with Crippen molar-refractivity contribution in [1.29, 1.82) is 0 Å². The maximum Gasteiger partial charge on any atom is 0.270 e. The van der Waals surface area contributed by atoms with E-state index in [1.54, 1.807) is 29.2 Å². The molecule has 1 heterocycles. The summed E-state index contributed by atoms with van der Waals surface area (Å²) in [7, 11) is 0. The van der Waals surface area contributed by atoms with Crippen LogP contribution in [0.3, 0.4) is 0 Å². The second-order valence-corrected chi connectivity index (χ2v) is 6.72. The number of amides is 1. The largest absolute Gasteiger partial charge is 0.342 e. The lowest BCUT2D eigenvalue weighted by Gasteiger charge is -2.20. The van der Waals surface area contributed by atoms with Crippen molar-refractivity contribution >= 4 is 21.8 Å². The third-order valence-corrected chi connectivity index (χ3v) is 5.12. The van der Waals surface area contributed by atoms with Gasteiger partial charge in [-0.15, -0.1) is 0 Å². The molecule has 0 radical (unpaired) electrons. The molecular weight excluding hydrogens is 328 g/mol. The van der Waals surface area contributed by atoms with Gasteiger partial charge in [0.05, 0.1) is 5.92 Å². The van der Waals surface area contributed by atoms with E-state index in [1.807, 2.05) is 0 Å². The predicted molar refractivity (Wildman–Crippen MR) is 75.8 cm³/mol. The zero-order valence-corrected chi connectivity index (χ0v) is 12.8. The Morgan fingerprint density at radius 1 is 1.25 bits per heavy atom. The summed E-state index contributed by atoms with van der Waals surface area (Å²) >= 11 is 3.29. The van der Waals surface area contributed by atoms with Crippen LogP contribution in [0.15, 0.2) is 28.7 Å². The van der Waals surface area contributed by atoms with Crippen LogP contribution in [0.1, 0.15) is 31.2 Å². The fourth-order valence-corrected chi connectivity index (χ4v) is 3.51. The Morgan fingerprint density at radius 2 is 1.80 bits per heavy atom. The van der Waals surface area contributed by atoms with Gasteiger partial charge >= 0.3 is 0 Å². The Hall–Kier alpha value is -0.970. The minimum Gasteiger partial charge on any atom is -0.342 e. The highest BCUT2D eigenvalue weighted by molar-refractivity contribution is 9.10. The highest BCUT2D eigenvalue weighted by Crippen LogP contribution is 2.71. The van der Waals surface area contributed by atoms with Gasteiger partial charge in [-0.2, -0.15) is 0 Å². The number of hydrogen-bond donors (Lipinski definition) is 0. The van der Waals surface area contributed by atoms with Gasteiger partial charge in [-0.05, 0) is 37.5 Å². The third kappa shape index (κ3) is 1.82. The van der Waals surface area contributed by atoms with Crippen molar-refractivity contribution in [3.63, 3.8) is 0 Å². The van der Waals surface area contributed by atoms with Gasteiger partial charge in [-0.1, -0.05) is 28.1 Å². The number of alkyl halides is 2. The molecule has 108 valence electrons. The van der Waals surface area contributed by atoms with Crippen molar-refractivity contribution in [1.82, 2.24) is 4.90 Å². The predicted octanol–water partition coefficient (Wildman–Crippen LogP) is 3.81. The molecule has 0 N–H and O–H groups in total. The summed E-state index contributed by atoms with van der Waals surface area (Å²) in [6, 6.07) is 6.82. The molecule has 1 aromatic rings. The Kier molecular flexibility index (Phi) is 3.16. The maximum absolute atomic E-state index is 14.3. The van der Waals surface area contributed by atoms with Crippen LogP contribution in [0.25, 0.3) is 0 Å². The highest BCUT2D eigenvalue weighted by atomic mass is 79.9. The topological polar surface area (TPSA) is 20.3 Å². The zero-order valence-electron chi connectivity index (χ0n) is 11.2. The molecule has 1 saturated heterocycles. The normalized spacial score (nSPS) is 31.4. The van der Waals surface area contributed by atoms with E-state index in [0.29, 0.717) is 18.7 Å². The standard InChI is InChI=1S/C15H16BrF2NO/c1-14(13(20)19-8-2-3-9-19)12(15(14,17)18)10-4-6-11(16)7-5-10/h4-7,12H,2-3,8-9H2,1H3. The molecule has 2 nitrogen and oxygen atoms in total. The summed E-state index contributed by atoms with van der Waals surface area (Å²) in [6.07, 6.45) is 1.83. The van der Waals surface area contributed by atoms with E-state index in [1.165, 1.54) is 6.92 Å². The van der Waals surface area contributed by atoms with Crippen molar-refractivity contribution < 1.29 is 13.6 Å². The summed E-state index contributed by atoms with van der Waals surface area (Å²) in [5.41, 5.74) is -1.04. The number of carbonyl (C=O) groups excluding carboxylic acids is 1. The summed E-state index contributed by atoms with van der Waals surface area (Å²) < 4.78 is 29.4. The van der Waals surface area contributed by atoms with Crippen LogP contribution in [0, 0.1) is 5.41 Å². The molecule has 0 spiro atoms. The Labute approximate surface area is 125 Å². The number of nitrogens with zero attached hydrogens (tertiary/aromatic N) is 1. The minimum absolute atomic E-state index is 0.395. The smallest absolute Gasteiger partial charge is 0.270 e. The molecule has 2 aliphatic rings. The van der Waals surface area contributed by atoms with Gasteiger partial charge in [0.15, 0.2) is 0 Å². The van der Waals surface area contributed by atoms with Crippen LogP contribution < -0.4 is 0 Å². The quantitative estimate of drug-likeness (QED) is 0.799. The second kappa shape index (κ2) is 4.52. The molecule has 1 aliphatic carbocycles. The van der Waals surface area contributed by atoms with Crippen molar-refractivity contribution in [2.24, 2.45) is 5.41 Å². The van der Waals surface area contributed by atoms with Crippen molar-refractivity contribution in [2.45, 2.75) is 31.6 Å². The first kappa shape index (κ1) is 14.0. The van der Waals surface area contributed by atoms with E-state index in [0.717, 1.165) is 17.3 Å². The first-order valence-corrected chi connectivity index (χ1v) is 7.61. The number of carbonyl (C=O) groups is 1. The maximum atomic E-state index is 14.3. The lowest BCUT2D eigenvalue weighted by molar-refractivity contribution is -0.139. The van der Waals surface area contributed by atoms with Gasteiger partial charge in [0, 0.05) is 17.6 Å². The molecule has 2 unspecified atom stereocenters. The van der Waals surface area contributed by atoms with Gasteiger partial charge in [-0.25, -0.2) is 8.78 Å². The minimum atomic E-state index is -2.96. The number of hydrogen-bond acceptors (Lipinski definition) is 1. The average Bonchev–Trinajstić information content (AvgIpc) is 2.80. The summed E-state index contributed by atoms with van der Waals surface area (Å²) in [5.74, 6) is -4.36. The lowest BCUT2D eigenvalue weighted by atomic mass is 9.99. The molecule has 0 aromatic heterocycles.